The number of ketones is 1. The number of carbonyl (C=O) groups excluding carboxylic acids is 2. The second kappa shape index (κ2) is 8.21. The first-order valence-electron chi connectivity index (χ1n) is 9.19. The third-order valence-corrected chi connectivity index (χ3v) is 5.46. The zero-order valence-electron chi connectivity index (χ0n) is 15.2. The van der Waals surface area contributed by atoms with Gasteiger partial charge < -0.3 is 10.1 Å². The van der Waals surface area contributed by atoms with Crippen molar-refractivity contribution in [1.82, 2.24) is 5.32 Å². The van der Waals surface area contributed by atoms with E-state index in [4.69, 9.17) is 4.74 Å². The number of unbranched alkanes of at least 4 members (excludes halogenated alkanes) is 1. The summed E-state index contributed by atoms with van der Waals surface area (Å²) in [5.74, 6) is -0.569. The number of nitrogens with one attached hydrogen (secondary N) is 1. The van der Waals surface area contributed by atoms with E-state index < -0.39 is 0 Å². The fraction of sp³-hybridized carbons (Fsp3) is 0.429. The van der Waals surface area contributed by atoms with Gasteiger partial charge in [0.15, 0.2) is 5.78 Å². The van der Waals surface area contributed by atoms with Crippen molar-refractivity contribution >= 4 is 27.7 Å². The van der Waals surface area contributed by atoms with Crippen LogP contribution in [0.5, 0.6) is 0 Å². The summed E-state index contributed by atoms with van der Waals surface area (Å²) in [6.07, 6.45) is 4.02. The van der Waals surface area contributed by atoms with Crippen LogP contribution in [0.25, 0.3) is 0 Å². The molecule has 0 saturated heterocycles. The number of carbonyl (C=O) groups is 2. The lowest BCUT2D eigenvalue weighted by molar-refractivity contribution is -0.139. The average Bonchev–Trinajstić information content (AvgIpc) is 2.61. The second-order valence-electron chi connectivity index (χ2n) is 6.81. The predicted molar refractivity (Wildman–Crippen MR) is 104 cm³/mol. The Labute approximate surface area is 162 Å². The monoisotopic (exact) mass is 417 g/mol. The van der Waals surface area contributed by atoms with Gasteiger partial charge in [-0.3, -0.25) is 4.79 Å². The topological polar surface area (TPSA) is 55.4 Å². The SMILES string of the molecule is CCCCOC(=O)C1=C(C)NC2=C(C(=O)CCC2)C1c1ccc(Br)cc1. The lowest BCUT2D eigenvalue weighted by Gasteiger charge is -2.34. The largest absolute Gasteiger partial charge is 0.462 e. The van der Waals surface area contributed by atoms with E-state index in [-0.39, 0.29) is 17.7 Å². The molecular weight excluding hydrogens is 394 g/mol. The lowest BCUT2D eigenvalue weighted by atomic mass is 9.75. The van der Waals surface area contributed by atoms with Gasteiger partial charge in [0.25, 0.3) is 0 Å². The van der Waals surface area contributed by atoms with Crippen molar-refractivity contribution in [3.05, 3.63) is 56.8 Å². The van der Waals surface area contributed by atoms with Gasteiger partial charge in [-0.2, -0.15) is 0 Å². The summed E-state index contributed by atoms with van der Waals surface area (Å²) >= 11 is 3.45. The molecule has 0 fully saturated rings. The van der Waals surface area contributed by atoms with E-state index in [0.717, 1.165) is 52.7 Å². The minimum absolute atomic E-state index is 0.123. The van der Waals surface area contributed by atoms with E-state index in [1.165, 1.54) is 0 Å². The fourth-order valence-corrected chi connectivity index (χ4v) is 3.89. The number of ether oxygens (including phenoxy) is 1. The van der Waals surface area contributed by atoms with Gasteiger partial charge in [-0.25, -0.2) is 4.79 Å². The molecule has 5 heteroatoms. The summed E-state index contributed by atoms with van der Waals surface area (Å²) < 4.78 is 6.47. The van der Waals surface area contributed by atoms with Gasteiger partial charge in [0.1, 0.15) is 0 Å². The molecule has 1 aromatic carbocycles. The van der Waals surface area contributed by atoms with E-state index in [1.807, 2.05) is 31.2 Å². The Morgan fingerprint density at radius 1 is 1.27 bits per heavy atom. The lowest BCUT2D eigenvalue weighted by Crippen LogP contribution is -2.34. The molecule has 4 nitrogen and oxygen atoms in total. The van der Waals surface area contributed by atoms with E-state index >= 15 is 0 Å². The molecule has 0 bridgehead atoms. The summed E-state index contributed by atoms with van der Waals surface area (Å²) in [5.41, 5.74) is 3.97. The Hall–Kier alpha value is -1.88. The van der Waals surface area contributed by atoms with Gasteiger partial charge in [0.05, 0.1) is 12.2 Å². The zero-order valence-corrected chi connectivity index (χ0v) is 16.8. The average molecular weight is 418 g/mol. The van der Waals surface area contributed by atoms with Crippen molar-refractivity contribution in [2.24, 2.45) is 0 Å². The summed E-state index contributed by atoms with van der Waals surface area (Å²) in [6.45, 7) is 4.35. The van der Waals surface area contributed by atoms with Crippen molar-refractivity contribution in [2.75, 3.05) is 6.61 Å². The number of benzene rings is 1. The van der Waals surface area contributed by atoms with Crippen LogP contribution in [0.15, 0.2) is 51.3 Å². The van der Waals surface area contributed by atoms with Gasteiger partial charge in [0, 0.05) is 33.8 Å². The van der Waals surface area contributed by atoms with Crippen LogP contribution in [-0.4, -0.2) is 18.4 Å². The predicted octanol–water partition coefficient (Wildman–Crippen LogP) is 4.76. The first kappa shape index (κ1) is 18.9. The number of Topliss-reactive ketones (excluding diaryl/α,β-unsaturated/α-hetero) is 1. The molecular formula is C21H24BrNO3. The summed E-state index contributed by atoms with van der Waals surface area (Å²) in [4.78, 5) is 25.6. The molecule has 1 aliphatic heterocycles. The number of allylic oxidation sites excluding steroid dienone is 3. The first-order valence-corrected chi connectivity index (χ1v) is 9.98. The quantitative estimate of drug-likeness (QED) is 0.554. The van der Waals surface area contributed by atoms with Crippen LogP contribution >= 0.6 is 15.9 Å². The van der Waals surface area contributed by atoms with Crippen LogP contribution in [-0.2, 0) is 14.3 Å². The minimum atomic E-state index is -0.360. The second-order valence-corrected chi connectivity index (χ2v) is 7.72. The Morgan fingerprint density at radius 3 is 2.69 bits per heavy atom. The van der Waals surface area contributed by atoms with E-state index in [0.29, 0.717) is 18.6 Å². The Bertz CT molecular complexity index is 777. The molecule has 1 atom stereocenters. The molecule has 0 aromatic heterocycles. The maximum absolute atomic E-state index is 12.9. The molecule has 1 N–H and O–H groups in total. The molecule has 0 amide bonds. The van der Waals surface area contributed by atoms with Gasteiger partial charge in [0.2, 0.25) is 0 Å². The third kappa shape index (κ3) is 3.78. The summed E-state index contributed by atoms with van der Waals surface area (Å²) in [6, 6.07) is 7.83. The van der Waals surface area contributed by atoms with Gasteiger partial charge >= 0.3 is 5.97 Å². The molecule has 0 saturated carbocycles. The van der Waals surface area contributed by atoms with Gasteiger partial charge in [-0.1, -0.05) is 41.4 Å². The standard InChI is InChI=1S/C21H24BrNO3/c1-3-4-12-26-21(25)18-13(2)23-16-6-5-7-17(24)20(16)19(18)14-8-10-15(22)11-9-14/h8-11,19,23H,3-7,12H2,1-2H3. The Kier molecular flexibility index (Phi) is 5.97. The molecule has 138 valence electrons. The highest BCUT2D eigenvalue weighted by atomic mass is 79.9. The smallest absolute Gasteiger partial charge is 0.336 e. The molecule has 26 heavy (non-hydrogen) atoms. The van der Waals surface area contributed by atoms with Crippen molar-refractivity contribution in [1.29, 1.82) is 0 Å². The number of dihydropyridines is 1. The van der Waals surface area contributed by atoms with Crippen molar-refractivity contribution < 1.29 is 14.3 Å². The van der Waals surface area contributed by atoms with Gasteiger partial charge in [-0.05, 0) is 43.9 Å². The minimum Gasteiger partial charge on any atom is -0.462 e. The Balaban J connectivity index is 2.04. The van der Waals surface area contributed by atoms with Crippen molar-refractivity contribution in [3.8, 4) is 0 Å². The number of hydrogen-bond donors (Lipinski definition) is 1. The van der Waals surface area contributed by atoms with E-state index in [9.17, 15) is 9.59 Å². The van der Waals surface area contributed by atoms with E-state index in [1.54, 1.807) is 0 Å². The summed E-state index contributed by atoms with van der Waals surface area (Å²) in [5, 5.41) is 3.31. The zero-order chi connectivity index (χ0) is 18.7. The first-order chi connectivity index (χ1) is 12.5. The maximum atomic E-state index is 12.9. The normalized spacial score (nSPS) is 20.0. The fourth-order valence-electron chi connectivity index (χ4n) is 3.63. The highest BCUT2D eigenvalue weighted by Crippen LogP contribution is 2.42. The number of esters is 1. The molecule has 0 radical (unpaired) electrons. The van der Waals surface area contributed by atoms with Crippen molar-refractivity contribution in [2.45, 2.75) is 51.9 Å². The van der Waals surface area contributed by atoms with Crippen LogP contribution in [0.3, 0.4) is 0 Å². The van der Waals surface area contributed by atoms with Crippen molar-refractivity contribution in [3.63, 3.8) is 0 Å². The van der Waals surface area contributed by atoms with Gasteiger partial charge in [-0.15, -0.1) is 0 Å². The van der Waals surface area contributed by atoms with Crippen LogP contribution < -0.4 is 5.32 Å². The highest BCUT2D eigenvalue weighted by Gasteiger charge is 2.38. The number of rotatable bonds is 5. The number of halogens is 1. The maximum Gasteiger partial charge on any atom is 0.336 e. The third-order valence-electron chi connectivity index (χ3n) is 4.93. The molecule has 2 aliphatic rings. The van der Waals surface area contributed by atoms with Crippen LogP contribution in [0.1, 0.15) is 57.4 Å². The molecule has 0 spiro atoms. The number of hydrogen-bond acceptors (Lipinski definition) is 4. The highest BCUT2D eigenvalue weighted by molar-refractivity contribution is 9.10. The molecule has 3 rings (SSSR count). The molecule has 1 aliphatic carbocycles. The van der Waals surface area contributed by atoms with E-state index in [2.05, 4.69) is 28.2 Å². The van der Waals surface area contributed by atoms with Crippen LogP contribution in [0.4, 0.5) is 0 Å². The Morgan fingerprint density at radius 2 is 2.00 bits per heavy atom. The molecule has 1 aromatic rings. The molecule has 1 heterocycles. The van der Waals surface area contributed by atoms with Crippen LogP contribution in [0, 0.1) is 0 Å². The molecule has 1 unspecified atom stereocenters. The van der Waals surface area contributed by atoms with Crippen LogP contribution in [0.2, 0.25) is 0 Å². The summed E-state index contributed by atoms with van der Waals surface area (Å²) in [7, 11) is 0.